The van der Waals surface area contributed by atoms with E-state index in [0.29, 0.717) is 11.4 Å². The number of hydrogen-bond donors (Lipinski definition) is 1. The quantitative estimate of drug-likeness (QED) is 0.681. The zero-order chi connectivity index (χ0) is 19.2. The van der Waals surface area contributed by atoms with Crippen LogP contribution in [0.3, 0.4) is 0 Å². The van der Waals surface area contributed by atoms with Gasteiger partial charge in [0.2, 0.25) is 5.88 Å². The van der Waals surface area contributed by atoms with Crippen molar-refractivity contribution in [2.75, 3.05) is 14.2 Å². The van der Waals surface area contributed by atoms with Crippen molar-refractivity contribution in [2.45, 2.75) is 12.5 Å². The molecule has 0 aliphatic heterocycles. The Morgan fingerprint density at radius 3 is 2.48 bits per heavy atom. The Morgan fingerprint density at radius 2 is 1.81 bits per heavy atom. The minimum absolute atomic E-state index is 0.267. The number of benzene rings is 2. The third-order valence-corrected chi connectivity index (χ3v) is 4.25. The molecule has 0 unspecified atom stereocenters. The molecule has 1 N–H and O–H groups in total. The fourth-order valence-corrected chi connectivity index (χ4v) is 2.80. The van der Waals surface area contributed by atoms with Crippen molar-refractivity contribution in [3.63, 3.8) is 0 Å². The Morgan fingerprint density at radius 1 is 1.04 bits per heavy atom. The van der Waals surface area contributed by atoms with Crippen LogP contribution in [0.15, 0.2) is 60.8 Å². The second-order valence-corrected chi connectivity index (χ2v) is 6.02. The number of fused-ring (bicyclic) bond motifs is 1. The summed E-state index contributed by atoms with van der Waals surface area (Å²) in [5, 5.41) is 4.76. The lowest BCUT2D eigenvalue weighted by atomic mass is 10.0. The Hall–Kier alpha value is -3.41. The summed E-state index contributed by atoms with van der Waals surface area (Å²) in [4.78, 5) is 28.9. The first-order chi connectivity index (χ1) is 13.1. The number of carbonyl (C=O) groups is 2. The number of nitrogens with one attached hydrogen (secondary N) is 1. The number of esters is 1. The Balaban J connectivity index is 1.77. The van der Waals surface area contributed by atoms with Crippen LogP contribution in [-0.4, -0.2) is 37.1 Å². The van der Waals surface area contributed by atoms with Crippen molar-refractivity contribution >= 4 is 22.6 Å². The van der Waals surface area contributed by atoms with Gasteiger partial charge in [0, 0.05) is 24.2 Å². The number of nitrogens with zero attached hydrogens (tertiary/aromatic N) is 1. The predicted molar refractivity (Wildman–Crippen MR) is 102 cm³/mol. The highest BCUT2D eigenvalue weighted by atomic mass is 16.5. The van der Waals surface area contributed by atoms with Gasteiger partial charge in [0.1, 0.15) is 6.04 Å². The van der Waals surface area contributed by atoms with E-state index in [1.165, 1.54) is 14.2 Å². The fourth-order valence-electron chi connectivity index (χ4n) is 2.80. The first kappa shape index (κ1) is 18.4. The number of rotatable bonds is 6. The van der Waals surface area contributed by atoms with Gasteiger partial charge in [0.05, 0.1) is 14.2 Å². The molecular formula is C21H20N2O4. The standard InChI is InChI=1S/C21H20N2O4/c1-26-19-10-7-14(13-22-19)11-18(21(25)27-2)23-20(24)17-9-8-15-5-3-4-6-16(15)12-17/h3-10,12-13,18H,11H2,1-2H3,(H,23,24)/t18-/m0/s1. The average molecular weight is 364 g/mol. The van der Waals surface area contributed by atoms with Gasteiger partial charge >= 0.3 is 5.97 Å². The molecule has 1 heterocycles. The number of methoxy groups -OCH3 is 2. The van der Waals surface area contributed by atoms with Crippen LogP contribution in [0.2, 0.25) is 0 Å². The number of pyridine rings is 1. The lowest BCUT2D eigenvalue weighted by molar-refractivity contribution is -0.142. The van der Waals surface area contributed by atoms with Gasteiger partial charge in [0.15, 0.2) is 0 Å². The molecule has 0 fully saturated rings. The smallest absolute Gasteiger partial charge is 0.328 e. The third-order valence-electron chi connectivity index (χ3n) is 4.25. The van der Waals surface area contributed by atoms with Crippen molar-refractivity contribution < 1.29 is 19.1 Å². The van der Waals surface area contributed by atoms with Crippen LogP contribution < -0.4 is 10.1 Å². The molecule has 0 bridgehead atoms. The van der Waals surface area contributed by atoms with Gasteiger partial charge in [0.25, 0.3) is 5.91 Å². The molecule has 0 saturated carbocycles. The minimum Gasteiger partial charge on any atom is -0.481 e. The van der Waals surface area contributed by atoms with Crippen molar-refractivity contribution in [3.05, 3.63) is 71.9 Å². The highest BCUT2D eigenvalue weighted by Gasteiger charge is 2.23. The molecule has 0 aliphatic carbocycles. The maximum absolute atomic E-state index is 12.7. The molecule has 1 amide bonds. The van der Waals surface area contributed by atoms with E-state index in [2.05, 4.69) is 10.3 Å². The highest BCUT2D eigenvalue weighted by molar-refractivity contribution is 6.00. The number of carbonyl (C=O) groups excluding carboxylic acids is 2. The van der Waals surface area contributed by atoms with Crippen LogP contribution in [0, 0.1) is 0 Å². The largest absolute Gasteiger partial charge is 0.481 e. The third kappa shape index (κ3) is 4.41. The predicted octanol–water partition coefficient (Wildman–Crippen LogP) is 2.76. The normalized spacial score (nSPS) is 11.6. The van der Waals surface area contributed by atoms with E-state index in [1.54, 1.807) is 30.5 Å². The van der Waals surface area contributed by atoms with Crippen molar-refractivity contribution in [3.8, 4) is 5.88 Å². The van der Waals surface area contributed by atoms with E-state index in [1.807, 2.05) is 30.3 Å². The summed E-state index contributed by atoms with van der Waals surface area (Å²) < 4.78 is 9.87. The maximum Gasteiger partial charge on any atom is 0.328 e. The molecule has 1 atom stereocenters. The van der Waals surface area contributed by atoms with Crippen LogP contribution in [0.1, 0.15) is 15.9 Å². The molecule has 1 aromatic heterocycles. The number of hydrogen-bond acceptors (Lipinski definition) is 5. The summed E-state index contributed by atoms with van der Waals surface area (Å²) in [6.45, 7) is 0. The van der Waals surface area contributed by atoms with Crippen LogP contribution in [-0.2, 0) is 16.0 Å². The average Bonchev–Trinajstić information content (AvgIpc) is 2.72. The van der Waals surface area contributed by atoms with E-state index in [4.69, 9.17) is 9.47 Å². The molecule has 0 radical (unpaired) electrons. The number of aromatic nitrogens is 1. The summed E-state index contributed by atoms with van der Waals surface area (Å²) in [5.41, 5.74) is 1.26. The van der Waals surface area contributed by atoms with Gasteiger partial charge in [-0.25, -0.2) is 9.78 Å². The van der Waals surface area contributed by atoms with E-state index in [0.717, 1.165) is 16.3 Å². The van der Waals surface area contributed by atoms with Gasteiger partial charge in [-0.15, -0.1) is 0 Å². The van der Waals surface area contributed by atoms with Crippen LogP contribution in [0.25, 0.3) is 10.8 Å². The second-order valence-electron chi connectivity index (χ2n) is 6.02. The summed E-state index contributed by atoms with van der Waals surface area (Å²) >= 11 is 0. The van der Waals surface area contributed by atoms with Gasteiger partial charge in [-0.05, 0) is 28.5 Å². The summed E-state index contributed by atoms with van der Waals surface area (Å²) in [6, 6.07) is 15.9. The van der Waals surface area contributed by atoms with Gasteiger partial charge in [-0.1, -0.05) is 36.4 Å². The summed E-state index contributed by atoms with van der Waals surface area (Å²) in [6.07, 6.45) is 1.87. The highest BCUT2D eigenvalue weighted by Crippen LogP contribution is 2.16. The fraction of sp³-hybridized carbons (Fsp3) is 0.190. The second kappa shape index (κ2) is 8.31. The van der Waals surface area contributed by atoms with E-state index in [-0.39, 0.29) is 12.3 Å². The Kier molecular flexibility index (Phi) is 5.66. The first-order valence-electron chi connectivity index (χ1n) is 8.47. The minimum atomic E-state index is -0.816. The van der Waals surface area contributed by atoms with Crippen molar-refractivity contribution in [1.29, 1.82) is 0 Å². The van der Waals surface area contributed by atoms with Crippen LogP contribution in [0.4, 0.5) is 0 Å². The Labute approximate surface area is 157 Å². The van der Waals surface area contributed by atoms with E-state index < -0.39 is 12.0 Å². The zero-order valence-corrected chi connectivity index (χ0v) is 15.1. The number of amides is 1. The monoisotopic (exact) mass is 364 g/mol. The molecule has 138 valence electrons. The summed E-state index contributed by atoms with van der Waals surface area (Å²) in [5.74, 6) is -0.369. The molecule has 27 heavy (non-hydrogen) atoms. The first-order valence-corrected chi connectivity index (χ1v) is 8.47. The molecule has 0 aliphatic rings. The Bertz CT molecular complexity index is 954. The van der Waals surface area contributed by atoms with E-state index in [9.17, 15) is 9.59 Å². The SMILES string of the molecule is COC(=O)[C@H](Cc1ccc(OC)nc1)NC(=O)c1ccc2ccccc2c1. The molecule has 0 spiro atoms. The molecular weight excluding hydrogens is 344 g/mol. The van der Waals surface area contributed by atoms with Gasteiger partial charge in [-0.2, -0.15) is 0 Å². The molecule has 6 heteroatoms. The summed E-state index contributed by atoms with van der Waals surface area (Å²) in [7, 11) is 2.83. The van der Waals surface area contributed by atoms with Gasteiger partial charge in [-0.3, -0.25) is 4.79 Å². The topological polar surface area (TPSA) is 77.5 Å². The molecule has 0 saturated heterocycles. The zero-order valence-electron chi connectivity index (χ0n) is 15.1. The van der Waals surface area contributed by atoms with Crippen LogP contribution >= 0.6 is 0 Å². The van der Waals surface area contributed by atoms with Crippen molar-refractivity contribution in [1.82, 2.24) is 10.3 Å². The van der Waals surface area contributed by atoms with E-state index >= 15 is 0 Å². The molecule has 3 rings (SSSR count). The maximum atomic E-state index is 12.7. The molecule has 6 nitrogen and oxygen atoms in total. The molecule has 3 aromatic rings. The van der Waals surface area contributed by atoms with Crippen LogP contribution in [0.5, 0.6) is 5.88 Å². The molecule has 2 aromatic carbocycles. The number of ether oxygens (including phenoxy) is 2. The lowest BCUT2D eigenvalue weighted by Gasteiger charge is -2.17. The lowest BCUT2D eigenvalue weighted by Crippen LogP contribution is -2.43. The van der Waals surface area contributed by atoms with Gasteiger partial charge < -0.3 is 14.8 Å². The van der Waals surface area contributed by atoms with Crippen molar-refractivity contribution in [2.24, 2.45) is 0 Å².